The van der Waals surface area contributed by atoms with E-state index in [0.29, 0.717) is 42.1 Å². The number of imidazole rings is 1. The van der Waals surface area contributed by atoms with Crippen LogP contribution in [0.1, 0.15) is 22.3 Å². The summed E-state index contributed by atoms with van der Waals surface area (Å²) in [6.07, 6.45) is 6.26. The number of aromatic nitrogens is 2. The minimum absolute atomic E-state index is 0.194. The molecule has 0 radical (unpaired) electrons. The number of hydrogen-bond donors (Lipinski definition) is 1. The molecule has 1 aromatic carbocycles. The van der Waals surface area contributed by atoms with Gasteiger partial charge in [-0.25, -0.2) is 13.4 Å². The summed E-state index contributed by atoms with van der Waals surface area (Å²) in [5, 5.41) is 2.88. The molecule has 1 amide bonds. The van der Waals surface area contributed by atoms with Crippen LogP contribution in [0.5, 0.6) is 0 Å². The van der Waals surface area contributed by atoms with E-state index in [1.165, 1.54) is 0 Å². The molecular formula is C22H25N5O3S. The second-order valence-corrected chi connectivity index (χ2v) is 10.3. The summed E-state index contributed by atoms with van der Waals surface area (Å²) in [4.78, 5) is 19.2. The maximum Gasteiger partial charge on any atom is 0.253 e. The van der Waals surface area contributed by atoms with Crippen molar-refractivity contribution in [2.24, 2.45) is 5.92 Å². The van der Waals surface area contributed by atoms with Crippen molar-refractivity contribution in [1.29, 1.82) is 0 Å². The Morgan fingerprint density at radius 1 is 1.16 bits per heavy atom. The van der Waals surface area contributed by atoms with Gasteiger partial charge in [-0.15, -0.1) is 0 Å². The third kappa shape index (κ3) is 3.73. The molecule has 1 N–H and O–H groups in total. The van der Waals surface area contributed by atoms with E-state index in [0.717, 1.165) is 24.2 Å². The van der Waals surface area contributed by atoms with Gasteiger partial charge >= 0.3 is 0 Å². The van der Waals surface area contributed by atoms with Crippen LogP contribution in [0.3, 0.4) is 0 Å². The average Bonchev–Trinajstić information content (AvgIpc) is 3.49. The van der Waals surface area contributed by atoms with Crippen molar-refractivity contribution < 1.29 is 13.2 Å². The third-order valence-electron chi connectivity index (χ3n) is 6.46. The molecule has 0 aliphatic carbocycles. The number of benzene rings is 1. The topological polar surface area (TPSA) is 87.0 Å². The highest BCUT2D eigenvalue weighted by atomic mass is 32.2. The highest BCUT2D eigenvalue weighted by Crippen LogP contribution is 2.33. The molecule has 5 rings (SSSR count). The van der Waals surface area contributed by atoms with Crippen LogP contribution in [0, 0.1) is 5.92 Å². The van der Waals surface area contributed by atoms with Gasteiger partial charge in [-0.05, 0) is 55.8 Å². The second kappa shape index (κ2) is 7.74. The van der Waals surface area contributed by atoms with E-state index in [-0.39, 0.29) is 5.91 Å². The van der Waals surface area contributed by atoms with E-state index in [1.807, 2.05) is 0 Å². The number of nitrogens with one attached hydrogen (secondary N) is 1. The zero-order valence-corrected chi connectivity index (χ0v) is 18.1. The fourth-order valence-electron chi connectivity index (χ4n) is 4.60. The van der Waals surface area contributed by atoms with E-state index in [9.17, 15) is 13.2 Å². The Morgan fingerprint density at radius 2 is 1.97 bits per heavy atom. The molecule has 2 fully saturated rings. The Labute approximate surface area is 181 Å². The van der Waals surface area contributed by atoms with Crippen molar-refractivity contribution >= 4 is 21.6 Å². The molecule has 8 nitrogen and oxygen atoms in total. The van der Waals surface area contributed by atoms with Crippen LogP contribution in [0.25, 0.3) is 5.65 Å². The van der Waals surface area contributed by atoms with Gasteiger partial charge in [0.25, 0.3) is 5.91 Å². The van der Waals surface area contributed by atoms with Gasteiger partial charge in [0.1, 0.15) is 5.65 Å². The number of hydrogen-bond acceptors (Lipinski definition) is 5. The van der Waals surface area contributed by atoms with Crippen molar-refractivity contribution in [3.8, 4) is 0 Å². The van der Waals surface area contributed by atoms with Crippen LogP contribution in [-0.2, 0) is 16.6 Å². The molecule has 0 bridgehead atoms. The van der Waals surface area contributed by atoms with E-state index in [1.54, 1.807) is 63.7 Å². The van der Waals surface area contributed by atoms with Crippen LogP contribution in [0.4, 0.5) is 0 Å². The molecule has 2 saturated heterocycles. The average molecular weight is 440 g/mol. The maximum absolute atomic E-state index is 13.0. The first kappa shape index (κ1) is 20.2. The lowest BCUT2D eigenvalue weighted by atomic mass is 10.1. The number of nitrogens with zero attached hydrogens (tertiary/aromatic N) is 4. The minimum Gasteiger partial charge on any atom is -0.348 e. The minimum atomic E-state index is -3.50. The summed E-state index contributed by atoms with van der Waals surface area (Å²) in [5.74, 6) is 0.232. The number of carbonyl (C=O) groups excluding carboxylic acids is 1. The molecule has 2 atom stereocenters. The lowest BCUT2D eigenvalue weighted by molar-refractivity contribution is 0.0950. The Hall–Kier alpha value is -2.75. The smallest absolute Gasteiger partial charge is 0.253 e. The van der Waals surface area contributed by atoms with Gasteiger partial charge in [-0.2, -0.15) is 4.31 Å². The van der Waals surface area contributed by atoms with Crippen molar-refractivity contribution in [3.63, 3.8) is 0 Å². The molecule has 3 aromatic rings. The van der Waals surface area contributed by atoms with Gasteiger partial charge in [0.2, 0.25) is 10.0 Å². The van der Waals surface area contributed by atoms with Crippen molar-refractivity contribution in [2.75, 3.05) is 26.7 Å². The van der Waals surface area contributed by atoms with Crippen LogP contribution >= 0.6 is 0 Å². The summed E-state index contributed by atoms with van der Waals surface area (Å²) in [6, 6.07) is 10.6. The number of rotatable bonds is 5. The first-order valence-electron chi connectivity index (χ1n) is 10.4. The van der Waals surface area contributed by atoms with Crippen LogP contribution in [0.2, 0.25) is 0 Å². The Balaban J connectivity index is 1.23. The summed E-state index contributed by atoms with van der Waals surface area (Å²) in [6.45, 7) is 2.51. The largest absolute Gasteiger partial charge is 0.348 e. The highest BCUT2D eigenvalue weighted by molar-refractivity contribution is 7.89. The number of likely N-dealkylation sites (N-methyl/N-ethyl adjacent to an activating group) is 1. The normalized spacial score (nSPS) is 22.1. The molecule has 9 heteroatoms. The van der Waals surface area contributed by atoms with Gasteiger partial charge in [0, 0.05) is 44.3 Å². The molecule has 2 aromatic heterocycles. The number of pyridine rings is 1. The predicted octanol–water partition coefficient (Wildman–Crippen LogP) is 1.59. The molecule has 0 unspecified atom stereocenters. The standard InChI is InChI=1S/C22H25N5O3S/c1-25-10-8-17-14-27(15-20(17)25)31(29,30)19-5-2-16(3-6-19)12-24-22(28)18-4-7-21-23-9-11-26(21)13-18/h2-7,9,11,13,17,20H,8,10,12,14-15H2,1H3,(H,24,28)/t17-,20+/m0/s1. The lowest BCUT2D eigenvalue weighted by Crippen LogP contribution is -2.35. The fraction of sp³-hybridized carbons (Fsp3) is 0.364. The monoisotopic (exact) mass is 439 g/mol. The number of likely N-dealkylation sites (tertiary alicyclic amines) is 1. The molecule has 0 saturated carbocycles. The number of sulfonamides is 1. The summed E-state index contributed by atoms with van der Waals surface area (Å²) in [7, 11) is -1.43. The first-order valence-corrected chi connectivity index (χ1v) is 11.9. The van der Waals surface area contributed by atoms with Gasteiger partial charge in [-0.1, -0.05) is 12.1 Å². The van der Waals surface area contributed by atoms with Crippen LogP contribution in [0.15, 0.2) is 59.9 Å². The zero-order chi connectivity index (χ0) is 21.6. The Bertz CT molecular complexity index is 1220. The molecule has 0 spiro atoms. The number of fused-ring (bicyclic) bond motifs is 2. The summed E-state index contributed by atoms with van der Waals surface area (Å²) in [5.41, 5.74) is 2.16. The van der Waals surface area contributed by atoms with E-state index < -0.39 is 10.0 Å². The predicted molar refractivity (Wildman–Crippen MR) is 116 cm³/mol. The van der Waals surface area contributed by atoms with Crippen molar-refractivity contribution in [1.82, 2.24) is 23.9 Å². The molecule has 4 heterocycles. The first-order chi connectivity index (χ1) is 14.9. The molecule has 2 aliphatic heterocycles. The Kier molecular flexibility index (Phi) is 5.04. The molecular weight excluding hydrogens is 414 g/mol. The van der Waals surface area contributed by atoms with Crippen molar-refractivity contribution in [2.45, 2.75) is 23.9 Å². The molecule has 31 heavy (non-hydrogen) atoms. The molecule has 162 valence electrons. The molecule has 2 aliphatic rings. The zero-order valence-electron chi connectivity index (χ0n) is 17.3. The summed E-state index contributed by atoms with van der Waals surface area (Å²) < 4.78 is 29.5. The summed E-state index contributed by atoms with van der Waals surface area (Å²) >= 11 is 0. The maximum atomic E-state index is 13.0. The third-order valence-corrected chi connectivity index (χ3v) is 8.30. The van der Waals surface area contributed by atoms with Gasteiger partial charge < -0.3 is 14.6 Å². The van der Waals surface area contributed by atoms with Gasteiger partial charge in [-0.3, -0.25) is 4.79 Å². The van der Waals surface area contributed by atoms with Crippen molar-refractivity contribution in [3.05, 3.63) is 66.1 Å². The van der Waals surface area contributed by atoms with E-state index in [2.05, 4.69) is 22.2 Å². The van der Waals surface area contributed by atoms with Gasteiger partial charge in [0.05, 0.1) is 10.5 Å². The highest BCUT2D eigenvalue weighted by Gasteiger charge is 2.43. The fourth-order valence-corrected chi connectivity index (χ4v) is 6.11. The van der Waals surface area contributed by atoms with Crippen LogP contribution < -0.4 is 5.32 Å². The van der Waals surface area contributed by atoms with Crippen LogP contribution in [-0.4, -0.2) is 65.6 Å². The van der Waals surface area contributed by atoms with Gasteiger partial charge in [0.15, 0.2) is 0 Å². The van der Waals surface area contributed by atoms with E-state index in [4.69, 9.17) is 0 Å². The quantitative estimate of drug-likeness (QED) is 0.652. The number of carbonyl (C=O) groups is 1. The lowest BCUT2D eigenvalue weighted by Gasteiger charge is -2.20. The SMILES string of the molecule is CN1CC[C@H]2CN(S(=O)(=O)c3ccc(CNC(=O)c4ccc5nccn5c4)cc3)C[C@H]21. The second-order valence-electron chi connectivity index (χ2n) is 8.36. The van der Waals surface area contributed by atoms with E-state index >= 15 is 0 Å². The Morgan fingerprint density at radius 3 is 2.74 bits per heavy atom. The number of amides is 1.